The van der Waals surface area contributed by atoms with E-state index in [4.69, 9.17) is 15.2 Å². The highest BCUT2D eigenvalue weighted by atomic mass is 16.6. The maximum absolute atomic E-state index is 12.6. The molecule has 0 bridgehead atoms. The van der Waals surface area contributed by atoms with Gasteiger partial charge >= 0.3 is 6.09 Å². The molecule has 132 valence electrons. The Morgan fingerprint density at radius 2 is 2.08 bits per heavy atom. The van der Waals surface area contributed by atoms with Gasteiger partial charge in [0.05, 0.1) is 12.6 Å². The molecule has 2 aromatic rings. The monoisotopic (exact) mass is 341 g/mol. The van der Waals surface area contributed by atoms with E-state index in [1.165, 1.54) is 0 Å². The summed E-state index contributed by atoms with van der Waals surface area (Å²) in [4.78, 5) is 18.3. The molecule has 1 unspecified atom stereocenters. The summed E-state index contributed by atoms with van der Waals surface area (Å²) < 4.78 is 11.4. The highest BCUT2D eigenvalue weighted by Crippen LogP contribution is 2.35. The molecule has 1 atom stereocenters. The largest absolute Gasteiger partial charge is 0.491 e. The lowest BCUT2D eigenvalue weighted by Crippen LogP contribution is -2.37. The molecule has 0 spiro atoms. The van der Waals surface area contributed by atoms with E-state index >= 15 is 0 Å². The average molecular weight is 341 g/mol. The van der Waals surface area contributed by atoms with Crippen LogP contribution in [0.1, 0.15) is 37.9 Å². The van der Waals surface area contributed by atoms with E-state index < -0.39 is 5.60 Å². The van der Waals surface area contributed by atoms with Crippen molar-refractivity contribution in [1.29, 1.82) is 0 Å². The van der Waals surface area contributed by atoms with Crippen LogP contribution in [0.2, 0.25) is 0 Å². The van der Waals surface area contributed by atoms with Crippen LogP contribution in [-0.2, 0) is 11.3 Å². The van der Waals surface area contributed by atoms with Crippen LogP contribution < -0.4 is 10.5 Å². The van der Waals surface area contributed by atoms with E-state index in [1.807, 2.05) is 45.0 Å². The topological polar surface area (TPSA) is 77.7 Å². The number of carbonyl (C=O) groups excluding carboxylic acids is 1. The molecular formula is C19H23N3O3. The van der Waals surface area contributed by atoms with Gasteiger partial charge in [-0.2, -0.15) is 0 Å². The average Bonchev–Trinajstić information content (AvgIpc) is 2.90. The third kappa shape index (κ3) is 4.02. The molecule has 0 radical (unpaired) electrons. The van der Waals surface area contributed by atoms with Crippen molar-refractivity contribution in [2.45, 2.75) is 39.0 Å². The lowest BCUT2D eigenvalue weighted by atomic mass is 10.1. The van der Waals surface area contributed by atoms with E-state index in [9.17, 15) is 4.79 Å². The molecule has 6 nitrogen and oxygen atoms in total. The Hall–Kier alpha value is -2.76. The molecule has 1 aliphatic rings. The van der Waals surface area contributed by atoms with Crippen LogP contribution in [0, 0.1) is 0 Å². The Balaban J connectivity index is 1.80. The van der Waals surface area contributed by atoms with E-state index in [0.29, 0.717) is 24.7 Å². The van der Waals surface area contributed by atoms with Gasteiger partial charge in [0.15, 0.2) is 0 Å². The van der Waals surface area contributed by atoms with Crippen LogP contribution in [0.4, 0.5) is 10.6 Å². The predicted molar refractivity (Wildman–Crippen MR) is 95.1 cm³/mol. The molecule has 25 heavy (non-hydrogen) atoms. The van der Waals surface area contributed by atoms with Crippen molar-refractivity contribution in [1.82, 2.24) is 9.88 Å². The Bertz CT molecular complexity index is 771. The van der Waals surface area contributed by atoms with Crippen molar-refractivity contribution >= 4 is 11.9 Å². The number of rotatable bonds is 3. The first-order valence-corrected chi connectivity index (χ1v) is 8.25. The number of benzene rings is 1. The zero-order valence-electron chi connectivity index (χ0n) is 14.7. The third-order valence-electron chi connectivity index (χ3n) is 3.92. The van der Waals surface area contributed by atoms with Crippen molar-refractivity contribution in [2.24, 2.45) is 0 Å². The first kappa shape index (κ1) is 17.1. The molecule has 0 fully saturated rings. The summed E-state index contributed by atoms with van der Waals surface area (Å²) in [6.45, 7) is 6.41. The number of nitrogens with zero attached hydrogens (tertiary/aromatic N) is 2. The number of nitrogen functional groups attached to an aromatic ring is 1. The predicted octanol–water partition coefficient (Wildman–Crippen LogP) is 3.53. The van der Waals surface area contributed by atoms with Gasteiger partial charge in [0.2, 0.25) is 0 Å². The Kier molecular flexibility index (Phi) is 4.53. The first-order valence-electron chi connectivity index (χ1n) is 8.25. The molecule has 1 amide bonds. The molecule has 0 saturated carbocycles. The van der Waals surface area contributed by atoms with Gasteiger partial charge in [-0.05, 0) is 38.0 Å². The van der Waals surface area contributed by atoms with E-state index in [2.05, 4.69) is 4.98 Å². The summed E-state index contributed by atoms with van der Waals surface area (Å²) in [6, 6.07) is 11.2. The summed E-state index contributed by atoms with van der Waals surface area (Å²) in [5.74, 6) is 1.02. The molecular weight excluding hydrogens is 318 g/mol. The van der Waals surface area contributed by atoms with Gasteiger partial charge in [-0.15, -0.1) is 0 Å². The SMILES string of the molecule is CC(C)(C)OC(=O)N1Cc2ccccc2C1COc1ccnc(N)c1. The van der Waals surface area contributed by atoms with Gasteiger partial charge in [-0.1, -0.05) is 24.3 Å². The molecule has 2 heterocycles. The third-order valence-corrected chi connectivity index (χ3v) is 3.92. The molecule has 0 saturated heterocycles. The molecule has 6 heteroatoms. The van der Waals surface area contributed by atoms with Crippen molar-refractivity contribution < 1.29 is 14.3 Å². The van der Waals surface area contributed by atoms with Crippen molar-refractivity contribution in [3.8, 4) is 5.75 Å². The Morgan fingerprint density at radius 3 is 2.80 bits per heavy atom. The number of ether oxygens (including phenoxy) is 2. The van der Waals surface area contributed by atoms with Crippen LogP contribution in [0.5, 0.6) is 5.75 Å². The second-order valence-electron chi connectivity index (χ2n) is 7.05. The van der Waals surface area contributed by atoms with E-state index in [1.54, 1.807) is 23.2 Å². The lowest BCUT2D eigenvalue weighted by molar-refractivity contribution is 0.0124. The summed E-state index contributed by atoms with van der Waals surface area (Å²) >= 11 is 0. The van der Waals surface area contributed by atoms with Crippen molar-refractivity contribution in [3.63, 3.8) is 0 Å². The number of hydrogen-bond donors (Lipinski definition) is 1. The summed E-state index contributed by atoms with van der Waals surface area (Å²) in [6.07, 6.45) is 1.25. The number of pyridine rings is 1. The van der Waals surface area contributed by atoms with Crippen LogP contribution in [0.15, 0.2) is 42.6 Å². The van der Waals surface area contributed by atoms with E-state index in [-0.39, 0.29) is 12.1 Å². The van der Waals surface area contributed by atoms with Gasteiger partial charge in [-0.3, -0.25) is 4.90 Å². The number of nitrogens with two attached hydrogens (primary N) is 1. The fourth-order valence-electron chi connectivity index (χ4n) is 2.85. The maximum Gasteiger partial charge on any atom is 0.411 e. The number of carbonyl (C=O) groups is 1. The Labute approximate surface area is 147 Å². The minimum atomic E-state index is -0.545. The standard InChI is InChI=1S/C19H23N3O3/c1-19(2,3)25-18(23)22-11-13-6-4-5-7-15(13)16(22)12-24-14-8-9-21-17(20)10-14/h4-10,16H,11-12H2,1-3H3,(H2,20,21). The zero-order valence-corrected chi connectivity index (χ0v) is 14.7. The first-order chi connectivity index (χ1) is 11.8. The normalized spacial score (nSPS) is 16.4. The summed E-state index contributed by atoms with van der Waals surface area (Å²) in [7, 11) is 0. The second kappa shape index (κ2) is 6.63. The minimum Gasteiger partial charge on any atom is -0.491 e. The fourth-order valence-corrected chi connectivity index (χ4v) is 2.85. The molecule has 3 rings (SSSR count). The van der Waals surface area contributed by atoms with Gasteiger partial charge in [0, 0.05) is 12.3 Å². The molecule has 2 N–H and O–H groups in total. The van der Waals surface area contributed by atoms with Gasteiger partial charge in [-0.25, -0.2) is 9.78 Å². The summed E-state index contributed by atoms with van der Waals surface area (Å²) in [5.41, 5.74) is 7.33. The van der Waals surface area contributed by atoms with Crippen molar-refractivity contribution in [3.05, 3.63) is 53.7 Å². The fraction of sp³-hybridized carbons (Fsp3) is 0.368. The highest BCUT2D eigenvalue weighted by molar-refractivity contribution is 5.70. The number of anilines is 1. The van der Waals surface area contributed by atoms with Gasteiger partial charge < -0.3 is 15.2 Å². The molecule has 1 aliphatic heterocycles. The number of amides is 1. The van der Waals surface area contributed by atoms with Crippen LogP contribution in [0.25, 0.3) is 0 Å². The number of aromatic nitrogens is 1. The minimum absolute atomic E-state index is 0.208. The second-order valence-corrected chi connectivity index (χ2v) is 7.05. The summed E-state index contributed by atoms with van der Waals surface area (Å²) in [5, 5.41) is 0. The number of hydrogen-bond acceptors (Lipinski definition) is 5. The van der Waals surface area contributed by atoms with Crippen LogP contribution >= 0.6 is 0 Å². The van der Waals surface area contributed by atoms with E-state index in [0.717, 1.165) is 11.1 Å². The van der Waals surface area contributed by atoms with Gasteiger partial charge in [0.25, 0.3) is 0 Å². The molecule has 1 aromatic heterocycles. The van der Waals surface area contributed by atoms with Crippen molar-refractivity contribution in [2.75, 3.05) is 12.3 Å². The number of fused-ring (bicyclic) bond motifs is 1. The zero-order chi connectivity index (χ0) is 18.0. The Morgan fingerprint density at radius 1 is 1.32 bits per heavy atom. The lowest BCUT2D eigenvalue weighted by Gasteiger charge is -2.29. The maximum atomic E-state index is 12.6. The quantitative estimate of drug-likeness (QED) is 0.924. The van der Waals surface area contributed by atoms with Crippen LogP contribution in [-0.4, -0.2) is 28.2 Å². The molecule has 0 aliphatic carbocycles. The highest BCUT2D eigenvalue weighted by Gasteiger charge is 2.36. The molecule has 1 aromatic carbocycles. The smallest absolute Gasteiger partial charge is 0.411 e. The van der Waals surface area contributed by atoms with Gasteiger partial charge in [0.1, 0.15) is 23.8 Å². The van der Waals surface area contributed by atoms with Crippen LogP contribution in [0.3, 0.4) is 0 Å².